The molecule has 0 spiro atoms. The lowest BCUT2D eigenvalue weighted by molar-refractivity contribution is 0.0947. The fraction of sp³-hybridized carbons (Fsp3) is 0.353. The average Bonchev–Trinajstić information content (AvgIpc) is 2.64. The number of amides is 1. The van der Waals surface area contributed by atoms with Crippen LogP contribution in [0, 0.1) is 0 Å². The lowest BCUT2D eigenvalue weighted by Crippen LogP contribution is -2.25. The molecule has 2 N–H and O–H groups in total. The number of aromatic nitrogens is 2. The van der Waals surface area contributed by atoms with Gasteiger partial charge in [0, 0.05) is 13.1 Å². The molecule has 1 aromatic carbocycles. The Morgan fingerprint density at radius 3 is 2.50 bits per heavy atom. The van der Waals surface area contributed by atoms with E-state index in [0.717, 1.165) is 12.0 Å². The second-order valence-corrected chi connectivity index (χ2v) is 5.10. The van der Waals surface area contributed by atoms with Gasteiger partial charge in [0.25, 0.3) is 5.91 Å². The van der Waals surface area contributed by atoms with E-state index in [4.69, 9.17) is 9.47 Å². The largest absolute Gasteiger partial charge is 0.493 e. The molecule has 0 aliphatic rings. The highest BCUT2D eigenvalue weighted by atomic mass is 16.5. The molecule has 0 atom stereocenters. The number of carbonyl (C=O) groups is 1. The Balaban J connectivity index is 1.96. The van der Waals surface area contributed by atoms with Crippen molar-refractivity contribution in [1.29, 1.82) is 0 Å². The topological polar surface area (TPSA) is 85.4 Å². The number of anilines is 1. The summed E-state index contributed by atoms with van der Waals surface area (Å²) in [5.41, 5.74) is 1.32. The number of methoxy groups -OCH3 is 2. The van der Waals surface area contributed by atoms with Crippen LogP contribution in [-0.4, -0.2) is 36.9 Å². The molecule has 128 valence electrons. The molecule has 24 heavy (non-hydrogen) atoms. The van der Waals surface area contributed by atoms with E-state index in [2.05, 4.69) is 20.8 Å². The molecule has 0 aliphatic heterocycles. The second-order valence-electron chi connectivity index (χ2n) is 5.10. The zero-order valence-electron chi connectivity index (χ0n) is 14.1. The Kier molecular flexibility index (Phi) is 6.36. The molecule has 0 aliphatic carbocycles. The van der Waals surface area contributed by atoms with Crippen molar-refractivity contribution in [2.75, 3.05) is 26.1 Å². The van der Waals surface area contributed by atoms with Crippen molar-refractivity contribution in [2.24, 2.45) is 0 Å². The van der Waals surface area contributed by atoms with Crippen LogP contribution in [0.15, 0.2) is 30.3 Å². The van der Waals surface area contributed by atoms with Gasteiger partial charge in [0.05, 0.1) is 14.2 Å². The van der Waals surface area contributed by atoms with Gasteiger partial charge in [-0.1, -0.05) is 13.0 Å². The number of benzene rings is 1. The van der Waals surface area contributed by atoms with Crippen LogP contribution in [0.25, 0.3) is 0 Å². The number of nitrogens with one attached hydrogen (secondary N) is 2. The maximum absolute atomic E-state index is 11.8. The fourth-order valence-corrected chi connectivity index (χ4v) is 2.06. The Bertz CT molecular complexity index is 674. The van der Waals surface area contributed by atoms with Gasteiger partial charge in [-0.15, -0.1) is 10.2 Å². The molecular weight excluding hydrogens is 308 g/mol. The first-order valence-corrected chi connectivity index (χ1v) is 7.74. The Morgan fingerprint density at radius 1 is 1.08 bits per heavy atom. The molecule has 1 heterocycles. The third-order valence-electron chi connectivity index (χ3n) is 3.35. The summed E-state index contributed by atoms with van der Waals surface area (Å²) in [5, 5.41) is 13.9. The number of carbonyl (C=O) groups excluding carboxylic acids is 1. The first-order valence-electron chi connectivity index (χ1n) is 7.74. The predicted octanol–water partition coefficient (Wildman–Crippen LogP) is 2.25. The van der Waals surface area contributed by atoms with Crippen LogP contribution >= 0.6 is 0 Å². The second kappa shape index (κ2) is 8.71. The third kappa shape index (κ3) is 4.58. The van der Waals surface area contributed by atoms with Crippen molar-refractivity contribution in [3.05, 3.63) is 41.6 Å². The number of hydrogen-bond donors (Lipinski definition) is 2. The molecule has 0 unspecified atom stereocenters. The molecule has 7 heteroatoms. The zero-order valence-corrected chi connectivity index (χ0v) is 14.1. The Morgan fingerprint density at radius 2 is 1.88 bits per heavy atom. The zero-order chi connectivity index (χ0) is 17.4. The van der Waals surface area contributed by atoms with E-state index in [-0.39, 0.29) is 5.91 Å². The number of hydrogen-bond acceptors (Lipinski definition) is 6. The van der Waals surface area contributed by atoms with Crippen molar-refractivity contribution in [3.63, 3.8) is 0 Å². The first-order chi connectivity index (χ1) is 11.7. The van der Waals surface area contributed by atoms with Gasteiger partial charge in [0.1, 0.15) is 5.82 Å². The van der Waals surface area contributed by atoms with Crippen LogP contribution in [0.3, 0.4) is 0 Å². The molecular formula is C17H22N4O3. The maximum Gasteiger partial charge on any atom is 0.271 e. The van der Waals surface area contributed by atoms with E-state index < -0.39 is 0 Å². The molecule has 0 fully saturated rings. The predicted molar refractivity (Wildman–Crippen MR) is 91.5 cm³/mol. The lowest BCUT2D eigenvalue weighted by atomic mass is 10.2. The Hall–Kier alpha value is -2.83. The fourth-order valence-electron chi connectivity index (χ4n) is 2.06. The quantitative estimate of drug-likeness (QED) is 0.772. The molecule has 2 aromatic rings. The third-order valence-corrected chi connectivity index (χ3v) is 3.35. The van der Waals surface area contributed by atoms with Gasteiger partial charge in [0.15, 0.2) is 17.2 Å². The van der Waals surface area contributed by atoms with Gasteiger partial charge < -0.3 is 20.1 Å². The van der Waals surface area contributed by atoms with Gasteiger partial charge in [-0.2, -0.15) is 0 Å². The summed E-state index contributed by atoms with van der Waals surface area (Å²) in [6, 6.07) is 9.06. The highest BCUT2D eigenvalue weighted by Gasteiger charge is 2.08. The van der Waals surface area contributed by atoms with Gasteiger partial charge in [-0.05, 0) is 36.2 Å². The molecule has 0 bridgehead atoms. The smallest absolute Gasteiger partial charge is 0.271 e. The van der Waals surface area contributed by atoms with Crippen molar-refractivity contribution in [3.8, 4) is 11.5 Å². The lowest BCUT2D eigenvalue weighted by Gasteiger charge is -2.10. The number of rotatable bonds is 8. The molecule has 1 amide bonds. The van der Waals surface area contributed by atoms with Gasteiger partial charge in [-0.3, -0.25) is 4.79 Å². The molecule has 1 aromatic heterocycles. The Labute approximate surface area is 141 Å². The summed E-state index contributed by atoms with van der Waals surface area (Å²) in [4.78, 5) is 11.8. The van der Waals surface area contributed by atoms with Crippen LogP contribution in [0.2, 0.25) is 0 Å². The van der Waals surface area contributed by atoms with Crippen molar-refractivity contribution in [2.45, 2.75) is 19.9 Å². The van der Waals surface area contributed by atoms with Crippen LogP contribution in [0.1, 0.15) is 29.4 Å². The van der Waals surface area contributed by atoms with Crippen LogP contribution in [-0.2, 0) is 6.54 Å². The van der Waals surface area contributed by atoms with Crippen LogP contribution < -0.4 is 20.1 Å². The van der Waals surface area contributed by atoms with E-state index in [0.29, 0.717) is 36.1 Å². The van der Waals surface area contributed by atoms with Gasteiger partial charge in [-0.25, -0.2) is 0 Å². The van der Waals surface area contributed by atoms with Crippen LogP contribution in [0.4, 0.5) is 5.82 Å². The van der Waals surface area contributed by atoms with E-state index in [1.54, 1.807) is 26.4 Å². The van der Waals surface area contributed by atoms with Gasteiger partial charge in [0.2, 0.25) is 0 Å². The van der Waals surface area contributed by atoms with Crippen LogP contribution in [0.5, 0.6) is 11.5 Å². The molecule has 0 radical (unpaired) electrons. The maximum atomic E-state index is 11.8. The van der Waals surface area contributed by atoms with E-state index in [1.807, 2.05) is 25.1 Å². The molecule has 0 saturated heterocycles. The first kappa shape index (κ1) is 17.5. The van der Waals surface area contributed by atoms with Gasteiger partial charge >= 0.3 is 0 Å². The molecule has 7 nitrogen and oxygen atoms in total. The highest BCUT2D eigenvalue weighted by Crippen LogP contribution is 2.27. The normalized spacial score (nSPS) is 10.1. The SMILES string of the molecule is CCCNC(=O)c1ccc(NCc2ccc(OC)c(OC)c2)nn1. The summed E-state index contributed by atoms with van der Waals surface area (Å²) in [6.07, 6.45) is 0.879. The highest BCUT2D eigenvalue weighted by molar-refractivity contribution is 5.92. The summed E-state index contributed by atoms with van der Waals surface area (Å²) >= 11 is 0. The number of nitrogens with zero attached hydrogens (tertiary/aromatic N) is 2. The van der Waals surface area contributed by atoms with Crippen molar-refractivity contribution >= 4 is 11.7 Å². The minimum absolute atomic E-state index is 0.212. The summed E-state index contributed by atoms with van der Waals surface area (Å²) in [5.74, 6) is 1.74. The molecule has 0 saturated carbocycles. The van der Waals surface area contributed by atoms with E-state index >= 15 is 0 Å². The van der Waals surface area contributed by atoms with Crippen molar-refractivity contribution < 1.29 is 14.3 Å². The van der Waals surface area contributed by atoms with Crippen molar-refractivity contribution in [1.82, 2.24) is 15.5 Å². The monoisotopic (exact) mass is 330 g/mol. The molecule has 2 rings (SSSR count). The summed E-state index contributed by atoms with van der Waals surface area (Å²) in [6.45, 7) is 3.17. The average molecular weight is 330 g/mol. The summed E-state index contributed by atoms with van der Waals surface area (Å²) in [7, 11) is 3.20. The standard InChI is InChI=1S/C17H22N4O3/c1-4-9-18-17(22)13-6-8-16(21-20-13)19-11-12-5-7-14(23-2)15(10-12)24-3/h5-8,10H,4,9,11H2,1-3H3,(H,18,22)(H,19,21). The minimum atomic E-state index is -0.212. The van der Waals surface area contributed by atoms with E-state index in [9.17, 15) is 4.79 Å². The van der Waals surface area contributed by atoms with E-state index in [1.165, 1.54) is 0 Å². The summed E-state index contributed by atoms with van der Waals surface area (Å²) < 4.78 is 10.5. The minimum Gasteiger partial charge on any atom is -0.493 e. The number of ether oxygens (including phenoxy) is 2.